The molecule has 5 aliphatic carbocycles. The van der Waals surface area contributed by atoms with Crippen LogP contribution in [0.1, 0.15) is 100 Å². The van der Waals surface area contributed by atoms with Crippen molar-refractivity contribution >= 4 is 11.9 Å². The van der Waals surface area contributed by atoms with Gasteiger partial charge in [-0.15, -0.1) is 0 Å². The highest BCUT2D eigenvalue weighted by atomic mass is 16.7. The van der Waals surface area contributed by atoms with Gasteiger partial charge in [0.15, 0.2) is 18.7 Å². The van der Waals surface area contributed by atoms with E-state index in [2.05, 4.69) is 26.8 Å². The van der Waals surface area contributed by atoms with Crippen LogP contribution in [0, 0.1) is 50.2 Å². The van der Waals surface area contributed by atoms with Crippen molar-refractivity contribution in [1.82, 2.24) is 0 Å². The van der Waals surface area contributed by atoms with Crippen LogP contribution in [-0.2, 0) is 33.3 Å². The SMILES string of the molecule is C/C=C(\C)C(=O)O[C@H]1[C@H](O)[C@@]2(CO)C(CC1(C)C)C1=CCC3[C@@]4(C)CC[C@H](OC(=O)[C@H]5O[C@@H](O)[C@H](O)[C@@H](O[C@@H]6O[C@@H](CO)[C@H](O)[C@H]6O)[C@@H]5O)[C@](C)(CO)C4CC[C@@]3(C)[C@]1(C)C[C@H]2O. The molecule has 17 heteroatoms. The molecule has 0 spiro atoms. The molecule has 2 heterocycles. The zero-order chi connectivity index (χ0) is 46.6. The molecule has 0 amide bonds. The van der Waals surface area contributed by atoms with Gasteiger partial charge >= 0.3 is 11.9 Å². The van der Waals surface area contributed by atoms with Gasteiger partial charge in [-0.2, -0.15) is 0 Å². The van der Waals surface area contributed by atoms with Gasteiger partial charge in [0.2, 0.25) is 0 Å². The third-order valence-corrected chi connectivity index (χ3v) is 18.3. The largest absolute Gasteiger partial charge is 0.460 e. The minimum Gasteiger partial charge on any atom is -0.460 e. The molecule has 6 fully saturated rings. The summed E-state index contributed by atoms with van der Waals surface area (Å²) in [6.45, 7) is 14.4. The maximum Gasteiger partial charge on any atom is 0.338 e. The highest BCUT2D eigenvalue weighted by molar-refractivity contribution is 5.87. The van der Waals surface area contributed by atoms with Crippen LogP contribution in [0.3, 0.4) is 0 Å². The van der Waals surface area contributed by atoms with Crippen LogP contribution in [-0.4, -0.2) is 163 Å². The third kappa shape index (κ3) is 7.12. The fraction of sp³-hybridized carbons (Fsp3) is 0.870. The quantitative estimate of drug-likeness (QED) is 0.0850. The smallest absolute Gasteiger partial charge is 0.338 e. The van der Waals surface area contributed by atoms with E-state index in [0.717, 1.165) is 5.57 Å². The first-order chi connectivity index (χ1) is 29.4. The number of fused-ring (bicyclic) bond motifs is 7. The van der Waals surface area contributed by atoms with Gasteiger partial charge in [-0.25, -0.2) is 9.59 Å². The number of hydrogen-bond acceptors (Lipinski definition) is 17. The van der Waals surface area contributed by atoms with Crippen molar-refractivity contribution in [3.05, 3.63) is 23.3 Å². The lowest BCUT2D eigenvalue weighted by molar-refractivity contribution is -0.317. The fourth-order valence-corrected chi connectivity index (χ4v) is 14.2. The predicted molar refractivity (Wildman–Crippen MR) is 220 cm³/mol. The number of hydrogen-bond donors (Lipinski definition) is 10. The molecule has 358 valence electrons. The number of rotatable bonds is 9. The van der Waals surface area contributed by atoms with Gasteiger partial charge in [0, 0.05) is 16.4 Å². The summed E-state index contributed by atoms with van der Waals surface area (Å²) in [7, 11) is 0. The highest BCUT2D eigenvalue weighted by Crippen LogP contribution is 2.76. The van der Waals surface area contributed by atoms with Crippen LogP contribution in [0.2, 0.25) is 0 Å². The van der Waals surface area contributed by atoms with Gasteiger partial charge in [0.05, 0.1) is 31.3 Å². The van der Waals surface area contributed by atoms with Crippen LogP contribution in [0.4, 0.5) is 0 Å². The average Bonchev–Trinajstić information content (AvgIpc) is 3.51. The average molecular weight is 897 g/mol. The van der Waals surface area contributed by atoms with Gasteiger partial charge in [-0.05, 0) is 92.8 Å². The number of carbonyl (C=O) groups excluding carboxylic acids is 2. The number of esters is 2. The van der Waals surface area contributed by atoms with E-state index >= 15 is 0 Å². The summed E-state index contributed by atoms with van der Waals surface area (Å²) in [5, 5.41) is 110. The molecule has 17 nitrogen and oxygen atoms in total. The van der Waals surface area contributed by atoms with E-state index in [0.29, 0.717) is 44.1 Å². The zero-order valence-electron chi connectivity index (χ0n) is 37.8. The van der Waals surface area contributed by atoms with Crippen LogP contribution >= 0.6 is 0 Å². The Labute approximate surface area is 369 Å². The predicted octanol–water partition coefficient (Wildman–Crippen LogP) is 0.357. The summed E-state index contributed by atoms with van der Waals surface area (Å²) in [6.07, 6.45) is -12.3. The van der Waals surface area contributed by atoms with Crippen molar-refractivity contribution in [3.8, 4) is 0 Å². The zero-order valence-corrected chi connectivity index (χ0v) is 37.8. The number of aliphatic hydroxyl groups is 10. The molecule has 0 radical (unpaired) electrons. The Kier molecular flexibility index (Phi) is 13.1. The van der Waals surface area contributed by atoms with Crippen LogP contribution in [0.5, 0.6) is 0 Å². The van der Waals surface area contributed by atoms with Crippen LogP contribution in [0.15, 0.2) is 23.3 Å². The Balaban J connectivity index is 1.13. The van der Waals surface area contributed by atoms with Crippen molar-refractivity contribution in [2.24, 2.45) is 50.2 Å². The number of carbonyl (C=O) groups is 2. The minimum atomic E-state index is -2.02. The van der Waals surface area contributed by atoms with E-state index in [1.54, 1.807) is 19.9 Å². The van der Waals surface area contributed by atoms with E-state index in [1.165, 1.54) is 0 Å². The van der Waals surface area contributed by atoms with Crippen molar-refractivity contribution in [1.29, 1.82) is 0 Å². The second-order valence-electron chi connectivity index (χ2n) is 21.6. The molecule has 0 aromatic heterocycles. The van der Waals surface area contributed by atoms with Gasteiger partial charge in [0.1, 0.15) is 54.9 Å². The molecule has 4 saturated carbocycles. The van der Waals surface area contributed by atoms with E-state index in [1.807, 2.05) is 20.8 Å². The Morgan fingerprint density at radius 2 is 1.51 bits per heavy atom. The monoisotopic (exact) mass is 896 g/mol. The van der Waals surface area contributed by atoms with Crippen LogP contribution in [0.25, 0.3) is 0 Å². The molecular formula is C46H72O17. The molecule has 10 N–H and O–H groups in total. The molecular weight excluding hydrogens is 824 g/mol. The summed E-state index contributed by atoms with van der Waals surface area (Å²) in [4.78, 5) is 27.0. The van der Waals surface area contributed by atoms with Gasteiger partial charge in [0.25, 0.3) is 0 Å². The normalized spacial score (nSPS) is 51.8. The Morgan fingerprint density at radius 3 is 2.11 bits per heavy atom. The second kappa shape index (κ2) is 16.9. The second-order valence-corrected chi connectivity index (χ2v) is 21.6. The first kappa shape index (κ1) is 48.8. The fourth-order valence-electron chi connectivity index (χ4n) is 14.2. The van der Waals surface area contributed by atoms with Crippen molar-refractivity contribution in [2.45, 2.75) is 180 Å². The molecule has 3 unspecified atom stereocenters. The third-order valence-electron chi connectivity index (χ3n) is 18.3. The highest BCUT2D eigenvalue weighted by Gasteiger charge is 2.73. The number of ether oxygens (including phenoxy) is 5. The molecule has 21 atom stereocenters. The summed E-state index contributed by atoms with van der Waals surface area (Å²) < 4.78 is 28.3. The summed E-state index contributed by atoms with van der Waals surface area (Å²) in [5.41, 5.74) is -2.93. The van der Waals surface area contributed by atoms with Crippen molar-refractivity contribution in [2.75, 3.05) is 19.8 Å². The molecule has 7 rings (SSSR count). The van der Waals surface area contributed by atoms with Gasteiger partial charge in [-0.1, -0.05) is 59.3 Å². The lowest BCUT2D eigenvalue weighted by Gasteiger charge is -2.72. The maximum atomic E-state index is 13.9. The Hall–Kier alpha value is -2.10. The first-order valence-electron chi connectivity index (χ1n) is 22.7. The lowest BCUT2D eigenvalue weighted by Crippen LogP contribution is -2.72. The van der Waals surface area contributed by atoms with Crippen molar-refractivity contribution < 1.29 is 84.3 Å². The number of aliphatic hydroxyl groups excluding tert-OH is 10. The first-order valence-corrected chi connectivity index (χ1v) is 22.7. The minimum absolute atomic E-state index is 0.0445. The van der Waals surface area contributed by atoms with Gasteiger partial charge in [-0.3, -0.25) is 0 Å². The molecule has 2 aliphatic heterocycles. The molecule has 0 aromatic rings. The summed E-state index contributed by atoms with van der Waals surface area (Å²) in [6, 6.07) is 0. The van der Waals surface area contributed by atoms with Gasteiger partial charge < -0.3 is 74.7 Å². The summed E-state index contributed by atoms with van der Waals surface area (Å²) >= 11 is 0. The maximum absolute atomic E-state index is 13.9. The Bertz CT molecular complexity index is 1800. The molecule has 0 bridgehead atoms. The van der Waals surface area contributed by atoms with E-state index in [-0.39, 0.29) is 30.3 Å². The molecule has 7 aliphatic rings. The topological polar surface area (TPSA) is 283 Å². The van der Waals surface area contributed by atoms with E-state index < -0.39 is 138 Å². The molecule has 63 heavy (non-hydrogen) atoms. The lowest BCUT2D eigenvalue weighted by atomic mass is 9.33. The van der Waals surface area contributed by atoms with E-state index in [4.69, 9.17) is 23.7 Å². The van der Waals surface area contributed by atoms with Crippen molar-refractivity contribution in [3.63, 3.8) is 0 Å². The van der Waals surface area contributed by atoms with Crippen LogP contribution < -0.4 is 0 Å². The van der Waals surface area contributed by atoms with E-state index in [9.17, 15) is 60.7 Å². The number of allylic oxidation sites excluding steroid dienone is 3. The standard InChI is InChI=1S/C46H72O17/c1-9-21(2)37(56)63-36-35(55)46(20-49)23(16-41(36,3)4)22-10-11-26-42(5)14-13-28(43(6,19-48)25(42)12-15-44(26,7)45(22,8)17-27(46)50)60-39(58)34-31(53)33(32(54)38(57)61-34)62-40-30(52)29(51)24(18-47)59-40/h9-10,23-36,38,40,47-55,57H,11-20H2,1-8H3/b21-9+/t23?,24-,25?,26?,27+,28-,29-,30+,31-,32+,33-,34-,35-,36-,38+,40-,42-,43+,44+,45+,46-/m0/s1. The summed E-state index contributed by atoms with van der Waals surface area (Å²) in [5.74, 6) is -2.15. The molecule has 0 aromatic carbocycles. The Morgan fingerprint density at radius 1 is 0.825 bits per heavy atom. The molecule has 2 saturated heterocycles.